The fourth-order valence-electron chi connectivity index (χ4n) is 5.03. The van der Waals surface area contributed by atoms with E-state index >= 15 is 0 Å². The van der Waals surface area contributed by atoms with Gasteiger partial charge in [-0.15, -0.1) is 0 Å². The summed E-state index contributed by atoms with van der Waals surface area (Å²) in [6.07, 6.45) is 5.87. The van der Waals surface area contributed by atoms with Crippen molar-refractivity contribution in [2.45, 2.75) is 58.0 Å². The van der Waals surface area contributed by atoms with E-state index < -0.39 is 0 Å². The van der Waals surface area contributed by atoms with Crippen LogP contribution in [-0.2, 0) is 4.79 Å². The van der Waals surface area contributed by atoms with Crippen LogP contribution < -0.4 is 15.5 Å². The first-order chi connectivity index (χ1) is 17.9. The third kappa shape index (κ3) is 7.24. The van der Waals surface area contributed by atoms with Gasteiger partial charge in [-0.1, -0.05) is 37.5 Å². The van der Waals surface area contributed by atoms with Crippen LogP contribution in [-0.4, -0.2) is 72.5 Å². The number of urea groups is 1. The highest BCUT2D eigenvalue weighted by Gasteiger charge is 2.24. The number of carbonyl (C=O) groups is 3. The third-order valence-electron chi connectivity index (χ3n) is 7.23. The Morgan fingerprint density at radius 1 is 0.892 bits per heavy atom. The molecule has 198 valence electrons. The number of anilines is 2. The second-order valence-electron chi connectivity index (χ2n) is 10.2. The largest absolute Gasteiger partial charge is 0.368 e. The number of nitrogens with one attached hydrogen (secondary N) is 2. The number of benzene rings is 2. The lowest BCUT2D eigenvalue weighted by atomic mass is 9.96. The van der Waals surface area contributed by atoms with Crippen LogP contribution in [0, 0.1) is 0 Å². The molecule has 1 aliphatic heterocycles. The second-order valence-corrected chi connectivity index (χ2v) is 10.2. The summed E-state index contributed by atoms with van der Waals surface area (Å²) in [5, 5.41) is 6.12. The highest BCUT2D eigenvalue weighted by Crippen LogP contribution is 2.21. The van der Waals surface area contributed by atoms with Crippen molar-refractivity contribution in [3.8, 4) is 0 Å². The summed E-state index contributed by atoms with van der Waals surface area (Å²) < 4.78 is 0. The summed E-state index contributed by atoms with van der Waals surface area (Å²) in [7, 11) is 0. The van der Waals surface area contributed by atoms with E-state index in [2.05, 4.69) is 15.5 Å². The lowest BCUT2D eigenvalue weighted by Crippen LogP contribution is -2.53. The Labute approximate surface area is 220 Å². The number of hydrogen-bond acceptors (Lipinski definition) is 4. The molecule has 0 bridgehead atoms. The molecule has 1 saturated carbocycles. The van der Waals surface area contributed by atoms with Crippen molar-refractivity contribution in [2.75, 3.05) is 42.9 Å². The van der Waals surface area contributed by atoms with Crippen molar-refractivity contribution in [1.29, 1.82) is 0 Å². The minimum Gasteiger partial charge on any atom is -0.368 e. The average molecular weight is 506 g/mol. The number of rotatable bonds is 7. The SMILES string of the molecule is CC(C)N(CC(=O)Nc1ccc(N2CCN(C(=O)NC3CCCCC3)CC2)cc1)C(=O)c1ccccc1. The van der Waals surface area contributed by atoms with Crippen molar-refractivity contribution in [3.05, 3.63) is 60.2 Å². The van der Waals surface area contributed by atoms with Gasteiger partial charge in [-0.2, -0.15) is 0 Å². The van der Waals surface area contributed by atoms with Gasteiger partial charge in [-0.05, 0) is 63.1 Å². The molecule has 2 aromatic carbocycles. The van der Waals surface area contributed by atoms with Gasteiger partial charge in [0.1, 0.15) is 6.54 Å². The van der Waals surface area contributed by atoms with E-state index in [1.165, 1.54) is 19.3 Å². The van der Waals surface area contributed by atoms with E-state index in [9.17, 15) is 14.4 Å². The molecule has 0 atom stereocenters. The van der Waals surface area contributed by atoms with Gasteiger partial charge in [-0.3, -0.25) is 9.59 Å². The van der Waals surface area contributed by atoms with Gasteiger partial charge in [0.25, 0.3) is 5.91 Å². The molecule has 2 aromatic rings. The molecule has 0 radical (unpaired) electrons. The predicted octanol–water partition coefficient (Wildman–Crippen LogP) is 4.34. The van der Waals surface area contributed by atoms with Gasteiger partial charge in [0.2, 0.25) is 5.91 Å². The Balaban J connectivity index is 1.25. The van der Waals surface area contributed by atoms with Crippen molar-refractivity contribution in [2.24, 2.45) is 0 Å². The minimum atomic E-state index is -0.233. The van der Waals surface area contributed by atoms with E-state index in [0.717, 1.165) is 31.6 Å². The summed E-state index contributed by atoms with van der Waals surface area (Å²) in [5.41, 5.74) is 2.32. The highest BCUT2D eigenvalue weighted by molar-refractivity contribution is 5.99. The van der Waals surface area contributed by atoms with Crippen molar-refractivity contribution in [1.82, 2.24) is 15.1 Å². The van der Waals surface area contributed by atoms with E-state index in [1.54, 1.807) is 17.0 Å². The monoisotopic (exact) mass is 505 g/mol. The van der Waals surface area contributed by atoms with Gasteiger partial charge in [0, 0.05) is 55.2 Å². The number of amides is 4. The van der Waals surface area contributed by atoms with E-state index in [-0.39, 0.29) is 30.4 Å². The number of piperazine rings is 1. The Kier molecular flexibility index (Phi) is 9.04. The topological polar surface area (TPSA) is 85.0 Å². The predicted molar refractivity (Wildman–Crippen MR) is 147 cm³/mol. The number of nitrogens with zero attached hydrogens (tertiary/aromatic N) is 3. The zero-order valence-corrected chi connectivity index (χ0v) is 22.0. The molecule has 1 saturated heterocycles. The first-order valence-electron chi connectivity index (χ1n) is 13.5. The molecule has 0 aromatic heterocycles. The van der Waals surface area contributed by atoms with Crippen molar-refractivity contribution in [3.63, 3.8) is 0 Å². The fourth-order valence-corrected chi connectivity index (χ4v) is 5.03. The van der Waals surface area contributed by atoms with Crippen LogP contribution in [0.1, 0.15) is 56.3 Å². The zero-order chi connectivity index (χ0) is 26.2. The van der Waals surface area contributed by atoms with E-state index in [1.807, 2.05) is 61.2 Å². The molecule has 37 heavy (non-hydrogen) atoms. The maximum absolute atomic E-state index is 12.9. The van der Waals surface area contributed by atoms with Gasteiger partial charge in [-0.25, -0.2) is 4.79 Å². The molecule has 0 spiro atoms. The van der Waals surface area contributed by atoms with Crippen molar-refractivity contribution >= 4 is 29.2 Å². The Hall–Kier alpha value is -3.55. The Morgan fingerprint density at radius 2 is 1.54 bits per heavy atom. The minimum absolute atomic E-state index is 0.0158. The van der Waals surface area contributed by atoms with Crippen LogP contribution in [0.3, 0.4) is 0 Å². The average Bonchev–Trinajstić information content (AvgIpc) is 2.93. The molecule has 1 aliphatic carbocycles. The smallest absolute Gasteiger partial charge is 0.317 e. The standard InChI is InChI=1S/C29H39N5O3/c1-22(2)34(28(36)23-9-5-3-6-10-23)21-27(35)30-25-13-15-26(16-14-25)32-17-19-33(20-18-32)29(37)31-24-11-7-4-8-12-24/h3,5-6,9-10,13-16,22,24H,4,7-8,11-12,17-21H2,1-2H3,(H,30,35)(H,31,37). The molecule has 1 heterocycles. The summed E-state index contributed by atoms with van der Waals surface area (Å²) in [6, 6.07) is 17.0. The maximum Gasteiger partial charge on any atom is 0.317 e. The van der Waals surface area contributed by atoms with Crippen LogP contribution in [0.5, 0.6) is 0 Å². The van der Waals surface area contributed by atoms with Crippen LogP contribution in [0.25, 0.3) is 0 Å². The maximum atomic E-state index is 12.9. The molecule has 2 N–H and O–H groups in total. The first kappa shape index (κ1) is 26.5. The molecule has 2 fully saturated rings. The van der Waals surface area contributed by atoms with Gasteiger partial charge >= 0.3 is 6.03 Å². The van der Waals surface area contributed by atoms with Gasteiger partial charge in [0.15, 0.2) is 0 Å². The van der Waals surface area contributed by atoms with Crippen LogP contribution >= 0.6 is 0 Å². The number of hydrogen-bond donors (Lipinski definition) is 2. The van der Waals surface area contributed by atoms with Crippen LogP contribution in [0.4, 0.5) is 16.2 Å². The molecule has 8 nitrogen and oxygen atoms in total. The zero-order valence-electron chi connectivity index (χ0n) is 22.0. The Bertz CT molecular complexity index is 1040. The van der Waals surface area contributed by atoms with Gasteiger partial charge < -0.3 is 25.3 Å². The molecular weight excluding hydrogens is 466 g/mol. The molecule has 4 amide bonds. The lowest BCUT2D eigenvalue weighted by molar-refractivity contribution is -0.117. The Morgan fingerprint density at radius 3 is 2.16 bits per heavy atom. The lowest BCUT2D eigenvalue weighted by Gasteiger charge is -2.37. The molecule has 0 unspecified atom stereocenters. The molecular formula is C29H39N5O3. The summed E-state index contributed by atoms with van der Waals surface area (Å²) >= 11 is 0. The highest BCUT2D eigenvalue weighted by atomic mass is 16.2. The summed E-state index contributed by atoms with van der Waals surface area (Å²) in [5.74, 6) is -0.393. The van der Waals surface area contributed by atoms with E-state index in [4.69, 9.17) is 0 Å². The summed E-state index contributed by atoms with van der Waals surface area (Å²) in [6.45, 7) is 6.72. The number of carbonyl (C=O) groups excluding carboxylic acids is 3. The third-order valence-corrected chi connectivity index (χ3v) is 7.23. The van der Waals surface area contributed by atoms with Crippen LogP contribution in [0.2, 0.25) is 0 Å². The molecule has 4 rings (SSSR count). The van der Waals surface area contributed by atoms with Gasteiger partial charge in [0.05, 0.1) is 0 Å². The normalized spacial score (nSPS) is 16.4. The summed E-state index contributed by atoms with van der Waals surface area (Å²) in [4.78, 5) is 44.0. The first-order valence-corrected chi connectivity index (χ1v) is 13.5. The van der Waals surface area contributed by atoms with E-state index in [0.29, 0.717) is 30.4 Å². The second kappa shape index (κ2) is 12.6. The fraction of sp³-hybridized carbons (Fsp3) is 0.483. The van der Waals surface area contributed by atoms with Crippen molar-refractivity contribution < 1.29 is 14.4 Å². The molecule has 2 aliphatic rings. The quantitative estimate of drug-likeness (QED) is 0.586. The van der Waals surface area contributed by atoms with Crippen LogP contribution in [0.15, 0.2) is 54.6 Å². The molecule has 8 heteroatoms.